The fourth-order valence-electron chi connectivity index (χ4n) is 4.27. The van der Waals surface area contributed by atoms with Gasteiger partial charge in [-0.15, -0.1) is 0 Å². The number of carbonyl (C=O) groups excluding carboxylic acids is 2. The Morgan fingerprint density at radius 2 is 1.89 bits per heavy atom. The van der Waals surface area contributed by atoms with Gasteiger partial charge in [-0.1, -0.05) is 23.9 Å². The van der Waals surface area contributed by atoms with Crippen molar-refractivity contribution in [3.8, 4) is 17.2 Å². The number of carboxylic acid groups (broad SMARTS) is 1. The summed E-state index contributed by atoms with van der Waals surface area (Å²) in [6.07, 6.45) is 2.18. The number of imide groups is 1. The molecular formula is C26H29NO7S. The Hall–Kier alpha value is -3.20. The molecule has 0 aromatic heterocycles. The highest BCUT2D eigenvalue weighted by Gasteiger charge is 2.39. The number of ether oxygens (including phenoxy) is 3. The number of amides is 2. The van der Waals surface area contributed by atoms with Crippen molar-refractivity contribution in [2.75, 3.05) is 13.2 Å². The minimum absolute atomic E-state index is 0.206. The lowest BCUT2D eigenvalue weighted by Gasteiger charge is -2.31. The van der Waals surface area contributed by atoms with E-state index in [1.54, 1.807) is 24.3 Å². The Balaban J connectivity index is 1.48. The quantitative estimate of drug-likeness (QED) is 0.558. The van der Waals surface area contributed by atoms with Crippen molar-refractivity contribution < 1.29 is 33.7 Å². The number of aliphatic carboxylic acids is 1. The summed E-state index contributed by atoms with van der Waals surface area (Å²) in [7, 11) is 0. The van der Waals surface area contributed by atoms with Crippen molar-refractivity contribution in [2.45, 2.75) is 57.8 Å². The summed E-state index contributed by atoms with van der Waals surface area (Å²) in [5, 5.41) is 11.5. The van der Waals surface area contributed by atoms with E-state index >= 15 is 0 Å². The molecule has 8 nitrogen and oxygen atoms in total. The van der Waals surface area contributed by atoms with Gasteiger partial charge in [-0.05, 0) is 81.3 Å². The van der Waals surface area contributed by atoms with Crippen molar-refractivity contribution in [1.82, 2.24) is 5.32 Å². The summed E-state index contributed by atoms with van der Waals surface area (Å²) in [5.41, 5.74) is 3.02. The molecule has 0 bridgehead atoms. The van der Waals surface area contributed by atoms with Gasteiger partial charge in [0.25, 0.3) is 5.24 Å². The highest BCUT2D eigenvalue weighted by atomic mass is 32.2. The normalized spacial score (nSPS) is 18.8. The van der Waals surface area contributed by atoms with E-state index in [4.69, 9.17) is 14.2 Å². The second-order valence-electron chi connectivity index (χ2n) is 9.12. The summed E-state index contributed by atoms with van der Waals surface area (Å²) in [5.74, 6) is 0.493. The molecule has 0 radical (unpaired) electrons. The molecule has 2 aromatic rings. The molecule has 0 spiro atoms. The lowest BCUT2D eigenvalue weighted by Crippen LogP contribution is -2.47. The molecule has 0 saturated carbocycles. The molecule has 1 fully saturated rings. The van der Waals surface area contributed by atoms with Crippen molar-refractivity contribution in [3.63, 3.8) is 0 Å². The first-order valence-corrected chi connectivity index (χ1v) is 12.4. The number of carbonyl (C=O) groups is 3. The standard InChI is InChI=1S/C26H29NO7S/c1-14-15(2)22-19(6-5-11-32-22)16(3)21(14)34-26(4,24(29)30)13-33-18-9-7-17(8-10-18)12-20-23(28)27-25(31)35-20/h7-10,20H,5-6,11-13H2,1-4H3,(H,29,30)(H,27,28,31). The van der Waals surface area contributed by atoms with Crippen LogP contribution in [0.1, 0.15) is 41.2 Å². The van der Waals surface area contributed by atoms with Crippen LogP contribution in [0.5, 0.6) is 17.2 Å². The van der Waals surface area contributed by atoms with Crippen LogP contribution in [0.4, 0.5) is 4.79 Å². The van der Waals surface area contributed by atoms with E-state index < -0.39 is 16.8 Å². The summed E-state index contributed by atoms with van der Waals surface area (Å²) in [4.78, 5) is 35.4. The fourth-order valence-corrected chi connectivity index (χ4v) is 5.13. The van der Waals surface area contributed by atoms with Crippen LogP contribution in [0, 0.1) is 20.8 Å². The van der Waals surface area contributed by atoms with E-state index in [1.165, 1.54) is 6.92 Å². The zero-order valence-corrected chi connectivity index (χ0v) is 21.0. The van der Waals surface area contributed by atoms with Crippen molar-refractivity contribution in [3.05, 3.63) is 52.1 Å². The van der Waals surface area contributed by atoms with Gasteiger partial charge in [-0.25, -0.2) is 4.79 Å². The van der Waals surface area contributed by atoms with Gasteiger partial charge in [0.15, 0.2) is 0 Å². The first kappa shape index (κ1) is 24.9. The monoisotopic (exact) mass is 499 g/mol. The molecule has 2 aliphatic rings. The highest BCUT2D eigenvalue weighted by molar-refractivity contribution is 8.15. The molecule has 186 valence electrons. The first-order valence-electron chi connectivity index (χ1n) is 11.5. The molecule has 2 atom stereocenters. The van der Waals surface area contributed by atoms with Crippen LogP contribution in [-0.2, 0) is 22.4 Å². The maximum absolute atomic E-state index is 12.3. The number of rotatable bonds is 8. The lowest BCUT2D eigenvalue weighted by molar-refractivity contribution is -0.156. The molecule has 9 heteroatoms. The SMILES string of the molecule is Cc1c(C)c2c(c(C)c1OC(C)(COc1ccc(CC3SC(=O)NC3=O)cc1)C(=O)O)CCCO2. The smallest absolute Gasteiger partial charge is 0.351 e. The van der Waals surface area contributed by atoms with Crippen LogP contribution < -0.4 is 19.5 Å². The van der Waals surface area contributed by atoms with Gasteiger partial charge in [0, 0.05) is 5.56 Å². The number of fused-ring (bicyclic) bond motifs is 1. The Kier molecular flexibility index (Phi) is 6.98. The third-order valence-corrected chi connectivity index (χ3v) is 7.52. The molecule has 4 rings (SSSR count). The van der Waals surface area contributed by atoms with Gasteiger partial charge in [0.05, 0.1) is 11.9 Å². The molecular weight excluding hydrogens is 470 g/mol. The van der Waals surface area contributed by atoms with Crippen LogP contribution in [0.15, 0.2) is 24.3 Å². The zero-order valence-electron chi connectivity index (χ0n) is 20.2. The van der Waals surface area contributed by atoms with E-state index in [0.29, 0.717) is 24.5 Å². The van der Waals surface area contributed by atoms with Crippen LogP contribution in [0.3, 0.4) is 0 Å². The first-order chi connectivity index (χ1) is 16.6. The number of carboxylic acids is 1. The van der Waals surface area contributed by atoms with Crippen molar-refractivity contribution >= 4 is 28.9 Å². The fraction of sp³-hybridized carbons (Fsp3) is 0.423. The Labute approximate surface area is 208 Å². The van der Waals surface area contributed by atoms with Crippen LogP contribution in [0.2, 0.25) is 0 Å². The molecule has 2 aromatic carbocycles. The number of hydrogen-bond donors (Lipinski definition) is 2. The molecule has 2 amide bonds. The molecule has 0 aliphatic carbocycles. The number of hydrogen-bond acceptors (Lipinski definition) is 7. The van der Waals surface area contributed by atoms with Gasteiger partial charge in [0.2, 0.25) is 11.5 Å². The highest BCUT2D eigenvalue weighted by Crippen LogP contribution is 2.41. The second kappa shape index (κ2) is 9.81. The summed E-state index contributed by atoms with van der Waals surface area (Å²) >= 11 is 0.982. The molecule has 2 N–H and O–H groups in total. The van der Waals surface area contributed by atoms with E-state index in [2.05, 4.69) is 5.32 Å². The summed E-state index contributed by atoms with van der Waals surface area (Å²) < 4.78 is 17.9. The Morgan fingerprint density at radius 3 is 2.51 bits per heavy atom. The predicted molar refractivity (Wildman–Crippen MR) is 132 cm³/mol. The van der Waals surface area contributed by atoms with Gasteiger partial charge >= 0.3 is 5.97 Å². The summed E-state index contributed by atoms with van der Waals surface area (Å²) in [6, 6.07) is 7.03. The number of benzene rings is 2. The molecule has 1 saturated heterocycles. The van der Waals surface area contributed by atoms with Crippen molar-refractivity contribution in [1.29, 1.82) is 0 Å². The van der Waals surface area contributed by atoms with Gasteiger partial charge in [-0.2, -0.15) is 0 Å². The van der Waals surface area contributed by atoms with Gasteiger partial charge in [0.1, 0.15) is 23.9 Å². The zero-order chi connectivity index (χ0) is 25.3. The minimum Gasteiger partial charge on any atom is -0.493 e. The summed E-state index contributed by atoms with van der Waals surface area (Å²) in [6.45, 7) is 7.79. The average Bonchev–Trinajstić information content (AvgIpc) is 3.16. The van der Waals surface area contributed by atoms with Crippen LogP contribution in [0.25, 0.3) is 0 Å². The van der Waals surface area contributed by atoms with Crippen LogP contribution >= 0.6 is 11.8 Å². The van der Waals surface area contributed by atoms with E-state index in [-0.39, 0.29) is 17.8 Å². The molecule has 2 heterocycles. The molecule has 2 unspecified atom stereocenters. The lowest BCUT2D eigenvalue weighted by atomic mass is 9.93. The number of thioether (sulfide) groups is 1. The average molecular weight is 500 g/mol. The van der Waals surface area contributed by atoms with Crippen molar-refractivity contribution in [2.24, 2.45) is 0 Å². The predicted octanol–water partition coefficient (Wildman–Crippen LogP) is 4.13. The van der Waals surface area contributed by atoms with Gasteiger partial charge in [-0.3, -0.25) is 14.9 Å². The minimum atomic E-state index is -1.62. The maximum atomic E-state index is 12.3. The third kappa shape index (κ3) is 5.10. The third-order valence-electron chi connectivity index (χ3n) is 6.53. The largest absolute Gasteiger partial charge is 0.493 e. The van der Waals surface area contributed by atoms with E-state index in [0.717, 1.165) is 58.2 Å². The van der Waals surface area contributed by atoms with Gasteiger partial charge < -0.3 is 19.3 Å². The molecule has 2 aliphatic heterocycles. The number of nitrogens with one attached hydrogen (secondary N) is 1. The maximum Gasteiger partial charge on any atom is 0.351 e. The van der Waals surface area contributed by atoms with Crippen LogP contribution in [-0.4, -0.2) is 46.3 Å². The Morgan fingerprint density at radius 1 is 1.17 bits per heavy atom. The molecule has 35 heavy (non-hydrogen) atoms. The van der Waals surface area contributed by atoms with E-state index in [1.807, 2.05) is 20.8 Å². The second-order valence-corrected chi connectivity index (χ2v) is 10.3. The van der Waals surface area contributed by atoms with E-state index in [9.17, 15) is 19.5 Å². The topological polar surface area (TPSA) is 111 Å². The Bertz CT molecular complexity index is 1180.